The van der Waals surface area contributed by atoms with Crippen LogP contribution >= 0.6 is 0 Å². The molecule has 0 amide bonds. The van der Waals surface area contributed by atoms with E-state index in [0.29, 0.717) is 145 Å². The predicted octanol–water partition coefficient (Wildman–Crippen LogP) is 1.73. The second-order valence-electron chi connectivity index (χ2n) is 9.36. The number of benzene rings is 1. The van der Waals surface area contributed by atoms with Gasteiger partial charge in [-0.3, -0.25) is 4.18 Å². The van der Waals surface area contributed by atoms with Crippen molar-refractivity contribution in [1.29, 1.82) is 0 Å². The highest BCUT2D eigenvalue weighted by Crippen LogP contribution is 2.10. The predicted molar refractivity (Wildman–Crippen MR) is 175 cm³/mol. The zero-order valence-corrected chi connectivity index (χ0v) is 29.0. The first kappa shape index (κ1) is 44.3. The Kier molecular flexibility index (Phi) is 32.3. The lowest BCUT2D eigenvalue weighted by Gasteiger charge is -2.09. The molecule has 1 aromatic carbocycles. The lowest BCUT2D eigenvalue weighted by Crippen LogP contribution is -2.16. The largest absolute Gasteiger partial charge is 0.499 e. The minimum atomic E-state index is -3.76. The topological polar surface area (TPSA) is 154 Å². The van der Waals surface area contributed by atoms with Crippen molar-refractivity contribution in [2.24, 2.45) is 0 Å². The average Bonchev–Trinajstić information content (AvgIpc) is 3.10. The van der Waals surface area contributed by atoms with Crippen LogP contribution in [-0.2, 0) is 71.1 Å². The molecule has 0 saturated carbocycles. The molecule has 0 spiro atoms. The molecule has 0 bridgehead atoms. The van der Waals surface area contributed by atoms with E-state index in [2.05, 4.69) is 6.58 Å². The van der Waals surface area contributed by atoms with Gasteiger partial charge in [0.1, 0.15) is 6.61 Å². The van der Waals surface area contributed by atoms with E-state index in [0.717, 1.165) is 0 Å². The summed E-state index contributed by atoms with van der Waals surface area (Å²) in [5.41, 5.74) is 0. The Morgan fingerprint density at radius 1 is 0.396 bits per heavy atom. The molecule has 0 fully saturated rings. The second-order valence-corrected chi connectivity index (χ2v) is 11.0. The van der Waals surface area contributed by atoms with Gasteiger partial charge in [0, 0.05) is 0 Å². The quantitative estimate of drug-likeness (QED) is 0.0553. The molecule has 0 aliphatic carbocycles. The Morgan fingerprint density at radius 2 is 0.646 bits per heavy atom. The van der Waals surface area contributed by atoms with E-state index < -0.39 is 10.1 Å². The van der Waals surface area contributed by atoms with E-state index in [-0.39, 0.29) is 18.1 Å². The molecule has 0 N–H and O–H groups in total. The molecule has 1 rings (SSSR count). The first-order valence-electron chi connectivity index (χ1n) is 16.2. The normalized spacial score (nSPS) is 11.7. The van der Waals surface area contributed by atoms with Crippen molar-refractivity contribution in [3.8, 4) is 0 Å². The van der Waals surface area contributed by atoms with Crippen molar-refractivity contribution in [2.45, 2.75) is 4.90 Å². The Bertz CT molecular complexity index is 908. The first-order chi connectivity index (χ1) is 23.7. The number of hydrogen-bond donors (Lipinski definition) is 0. The van der Waals surface area contributed by atoms with Crippen LogP contribution in [-0.4, -0.2) is 167 Å². The monoisotopic (exact) mass is 712 g/mol. The van der Waals surface area contributed by atoms with Crippen molar-refractivity contribution in [3.63, 3.8) is 0 Å². The van der Waals surface area contributed by atoms with Gasteiger partial charge >= 0.3 is 0 Å². The maximum absolute atomic E-state index is 12.0. The van der Waals surface area contributed by atoms with Crippen LogP contribution < -0.4 is 0 Å². The SMILES string of the molecule is C=COCCOCCOCCOCCOCCOCCOCCOCCOCCOCCOCCOCCOS(=O)(=O)c1ccccc1. The van der Waals surface area contributed by atoms with E-state index in [9.17, 15) is 8.42 Å². The van der Waals surface area contributed by atoms with Gasteiger partial charge in [0.25, 0.3) is 10.1 Å². The fraction of sp³-hybridized carbons (Fsp3) is 0.750. The Balaban J connectivity index is 1.65. The minimum absolute atomic E-state index is 0.0603. The molecule has 0 saturated heterocycles. The van der Waals surface area contributed by atoms with Gasteiger partial charge in [0.05, 0.1) is 163 Å². The zero-order chi connectivity index (χ0) is 34.5. The van der Waals surface area contributed by atoms with Crippen LogP contribution in [0.1, 0.15) is 0 Å². The van der Waals surface area contributed by atoms with E-state index in [4.69, 9.17) is 61.0 Å². The van der Waals surface area contributed by atoms with E-state index in [1.165, 1.54) is 18.4 Å². The van der Waals surface area contributed by atoms with Gasteiger partial charge in [0.15, 0.2) is 0 Å². The summed E-state index contributed by atoms with van der Waals surface area (Å²) in [7, 11) is -3.76. The summed E-state index contributed by atoms with van der Waals surface area (Å²) in [6.07, 6.45) is 1.39. The van der Waals surface area contributed by atoms with Crippen LogP contribution in [0.2, 0.25) is 0 Å². The summed E-state index contributed by atoms with van der Waals surface area (Å²) in [5.74, 6) is 0. The molecule has 0 aliphatic rings. The molecule has 0 aliphatic heterocycles. The van der Waals surface area contributed by atoms with Gasteiger partial charge in [-0.25, -0.2) is 0 Å². The van der Waals surface area contributed by atoms with Crippen molar-refractivity contribution in [2.75, 3.05) is 159 Å². The summed E-state index contributed by atoms with van der Waals surface area (Å²) < 4.78 is 93.4. The molecule has 0 aromatic heterocycles. The average molecular weight is 713 g/mol. The van der Waals surface area contributed by atoms with Crippen molar-refractivity contribution in [3.05, 3.63) is 43.2 Å². The highest BCUT2D eigenvalue weighted by Gasteiger charge is 2.13. The number of hydrogen-bond acceptors (Lipinski definition) is 15. The molecule has 16 heteroatoms. The van der Waals surface area contributed by atoms with Crippen LogP contribution in [0, 0.1) is 0 Å². The summed E-state index contributed by atoms with van der Waals surface area (Å²) in [6.45, 7) is 13.9. The van der Waals surface area contributed by atoms with Gasteiger partial charge in [-0.15, -0.1) is 0 Å². The summed E-state index contributed by atoms with van der Waals surface area (Å²) in [5, 5.41) is 0. The highest BCUT2D eigenvalue weighted by atomic mass is 32.2. The van der Waals surface area contributed by atoms with E-state index in [1.54, 1.807) is 18.2 Å². The fourth-order valence-corrected chi connectivity index (χ4v) is 4.26. The first-order valence-corrected chi connectivity index (χ1v) is 17.6. The second kappa shape index (κ2) is 35.1. The van der Waals surface area contributed by atoms with Crippen LogP contribution in [0.25, 0.3) is 0 Å². The Morgan fingerprint density at radius 3 is 0.917 bits per heavy atom. The lowest BCUT2D eigenvalue weighted by molar-refractivity contribution is -0.0280. The summed E-state index contributed by atoms with van der Waals surface area (Å²) in [4.78, 5) is 0.119. The lowest BCUT2D eigenvalue weighted by atomic mass is 10.4. The van der Waals surface area contributed by atoms with E-state index in [1.807, 2.05) is 0 Å². The van der Waals surface area contributed by atoms with Crippen LogP contribution in [0.4, 0.5) is 0 Å². The summed E-state index contributed by atoms with van der Waals surface area (Å²) in [6, 6.07) is 7.97. The molecule has 0 atom stereocenters. The third kappa shape index (κ3) is 30.3. The van der Waals surface area contributed by atoms with Gasteiger partial charge in [-0.2, -0.15) is 8.42 Å². The van der Waals surface area contributed by atoms with Crippen LogP contribution in [0.15, 0.2) is 48.1 Å². The van der Waals surface area contributed by atoms with Crippen LogP contribution in [0.3, 0.4) is 0 Å². The Hall–Kier alpha value is -1.77. The molecule has 0 unspecified atom stereocenters. The Labute approximate surface area is 286 Å². The smallest absolute Gasteiger partial charge is 0.297 e. The third-order valence-electron chi connectivity index (χ3n) is 5.68. The maximum Gasteiger partial charge on any atom is 0.297 e. The molecular formula is C32H56O15S. The van der Waals surface area contributed by atoms with Crippen molar-refractivity contribution >= 4 is 10.1 Å². The van der Waals surface area contributed by atoms with Gasteiger partial charge in [0.2, 0.25) is 0 Å². The molecule has 15 nitrogen and oxygen atoms in total. The molecule has 0 radical (unpaired) electrons. The van der Waals surface area contributed by atoms with Crippen LogP contribution in [0.5, 0.6) is 0 Å². The number of rotatable bonds is 39. The van der Waals surface area contributed by atoms with Gasteiger partial charge in [-0.05, 0) is 12.1 Å². The molecule has 0 heterocycles. The summed E-state index contributed by atoms with van der Waals surface area (Å²) >= 11 is 0. The third-order valence-corrected chi connectivity index (χ3v) is 7.01. The molecular weight excluding hydrogens is 656 g/mol. The zero-order valence-electron chi connectivity index (χ0n) is 28.2. The minimum Gasteiger partial charge on any atom is -0.499 e. The van der Waals surface area contributed by atoms with E-state index >= 15 is 0 Å². The molecule has 280 valence electrons. The number of ether oxygens (including phenoxy) is 12. The standard InChI is InChI=1S/C32H56O15S/c1-2-35-8-9-36-10-11-37-12-13-38-14-15-39-16-17-40-18-19-41-20-21-42-22-23-43-24-25-44-26-27-45-28-29-46-30-31-47-48(33,34)32-6-4-3-5-7-32/h2-7H,1,8-31H2. The fourth-order valence-electron chi connectivity index (χ4n) is 3.35. The van der Waals surface area contributed by atoms with Gasteiger partial charge in [-0.1, -0.05) is 24.8 Å². The van der Waals surface area contributed by atoms with Crippen molar-refractivity contribution in [1.82, 2.24) is 0 Å². The highest BCUT2D eigenvalue weighted by molar-refractivity contribution is 7.86. The maximum atomic E-state index is 12.0. The van der Waals surface area contributed by atoms with Gasteiger partial charge < -0.3 is 56.8 Å². The molecule has 48 heavy (non-hydrogen) atoms. The molecule has 1 aromatic rings. The van der Waals surface area contributed by atoms with Crippen molar-refractivity contribution < 1.29 is 69.4 Å².